The van der Waals surface area contributed by atoms with E-state index >= 15 is 0 Å². The van der Waals surface area contributed by atoms with Crippen molar-refractivity contribution in [3.05, 3.63) is 30.2 Å². The maximum atomic E-state index is 5.37. The molecule has 2 aromatic rings. The summed E-state index contributed by atoms with van der Waals surface area (Å²) < 4.78 is 10.7. The average molecular weight is 289 g/mol. The van der Waals surface area contributed by atoms with Gasteiger partial charge in [-0.05, 0) is 45.4 Å². The van der Waals surface area contributed by atoms with E-state index in [1.807, 2.05) is 18.2 Å². The lowest BCUT2D eigenvalue weighted by Crippen LogP contribution is -2.40. The molecule has 1 saturated heterocycles. The molecular weight excluding hydrogens is 266 g/mol. The van der Waals surface area contributed by atoms with Gasteiger partial charge < -0.3 is 14.3 Å². The fourth-order valence-corrected chi connectivity index (χ4v) is 2.78. The summed E-state index contributed by atoms with van der Waals surface area (Å²) >= 11 is 0. The second kappa shape index (κ2) is 6.45. The fourth-order valence-electron chi connectivity index (χ4n) is 2.78. The first-order valence-corrected chi connectivity index (χ1v) is 7.69. The third-order valence-electron chi connectivity index (χ3n) is 4.04. The van der Waals surface area contributed by atoms with Crippen molar-refractivity contribution in [2.75, 3.05) is 13.1 Å². The molecule has 0 saturated carbocycles. The smallest absolute Gasteiger partial charge is 0.202 e. The first-order valence-electron chi connectivity index (χ1n) is 7.69. The number of hydrogen-bond acceptors (Lipinski definition) is 5. The van der Waals surface area contributed by atoms with Crippen LogP contribution in [0.15, 0.2) is 33.4 Å². The van der Waals surface area contributed by atoms with Gasteiger partial charge in [-0.3, -0.25) is 4.90 Å². The first kappa shape index (κ1) is 14.4. The molecule has 5 heteroatoms. The molecule has 2 aromatic heterocycles. The van der Waals surface area contributed by atoms with Crippen LogP contribution in [-0.2, 0) is 6.54 Å². The van der Waals surface area contributed by atoms with Gasteiger partial charge in [0, 0.05) is 31.2 Å². The van der Waals surface area contributed by atoms with Crippen LogP contribution in [0, 0.1) is 0 Å². The van der Waals surface area contributed by atoms with E-state index in [2.05, 4.69) is 29.2 Å². The molecule has 1 N–H and O–H groups in total. The van der Waals surface area contributed by atoms with E-state index in [9.17, 15) is 0 Å². The minimum absolute atomic E-state index is 0.483. The van der Waals surface area contributed by atoms with Crippen LogP contribution in [0.4, 0.5) is 0 Å². The fraction of sp³-hybridized carbons (Fsp3) is 0.562. The van der Waals surface area contributed by atoms with Crippen LogP contribution in [0.5, 0.6) is 0 Å². The van der Waals surface area contributed by atoms with Crippen molar-refractivity contribution >= 4 is 0 Å². The van der Waals surface area contributed by atoms with E-state index in [-0.39, 0.29) is 0 Å². The molecule has 0 spiro atoms. The van der Waals surface area contributed by atoms with E-state index in [1.54, 1.807) is 6.26 Å². The highest BCUT2D eigenvalue weighted by atomic mass is 16.5. The molecule has 0 aromatic carbocycles. The van der Waals surface area contributed by atoms with Gasteiger partial charge in [0.15, 0.2) is 5.76 Å². The Morgan fingerprint density at radius 3 is 3.00 bits per heavy atom. The predicted molar refractivity (Wildman–Crippen MR) is 80.8 cm³/mol. The van der Waals surface area contributed by atoms with Crippen molar-refractivity contribution < 1.29 is 8.94 Å². The molecule has 21 heavy (non-hydrogen) atoms. The molecule has 114 valence electrons. The lowest BCUT2D eigenvalue weighted by Gasteiger charge is -2.28. The average Bonchev–Trinajstić information content (AvgIpc) is 3.20. The molecule has 0 radical (unpaired) electrons. The number of aromatic nitrogens is 1. The molecule has 0 amide bonds. The zero-order valence-electron chi connectivity index (χ0n) is 12.7. The highest BCUT2D eigenvalue weighted by Crippen LogP contribution is 2.22. The Kier molecular flexibility index (Phi) is 4.41. The van der Waals surface area contributed by atoms with Crippen LogP contribution in [0.25, 0.3) is 11.5 Å². The topological polar surface area (TPSA) is 54.4 Å². The Balaban J connectivity index is 1.65. The van der Waals surface area contributed by atoms with Gasteiger partial charge >= 0.3 is 0 Å². The van der Waals surface area contributed by atoms with Crippen molar-refractivity contribution in [1.29, 1.82) is 0 Å². The first-order chi connectivity index (χ1) is 10.2. The second-order valence-electron chi connectivity index (χ2n) is 5.98. The monoisotopic (exact) mass is 289 g/mol. The van der Waals surface area contributed by atoms with Crippen LogP contribution >= 0.6 is 0 Å². The molecule has 5 nitrogen and oxygen atoms in total. The highest BCUT2D eigenvalue weighted by Gasteiger charge is 2.21. The lowest BCUT2D eigenvalue weighted by molar-refractivity contribution is 0.189. The highest BCUT2D eigenvalue weighted by molar-refractivity contribution is 5.49. The molecule has 0 bridgehead atoms. The normalized spacial score (nSPS) is 19.0. The summed E-state index contributed by atoms with van der Waals surface area (Å²) in [6, 6.07) is 6.78. The summed E-state index contributed by atoms with van der Waals surface area (Å²) in [6.45, 7) is 7.45. The SMILES string of the molecule is CC(C)N(Cc1cc(-c2ccco2)on1)CC1CCCN1. The van der Waals surface area contributed by atoms with Crippen LogP contribution < -0.4 is 5.32 Å². The van der Waals surface area contributed by atoms with Crippen LogP contribution in [0.2, 0.25) is 0 Å². The molecule has 1 aliphatic heterocycles. The van der Waals surface area contributed by atoms with Crippen molar-refractivity contribution in [2.45, 2.75) is 45.3 Å². The lowest BCUT2D eigenvalue weighted by atomic mass is 10.2. The van der Waals surface area contributed by atoms with Gasteiger partial charge in [-0.2, -0.15) is 0 Å². The third kappa shape index (κ3) is 3.54. The van der Waals surface area contributed by atoms with Gasteiger partial charge in [-0.15, -0.1) is 0 Å². The van der Waals surface area contributed by atoms with E-state index < -0.39 is 0 Å². The Morgan fingerprint density at radius 2 is 2.33 bits per heavy atom. The van der Waals surface area contributed by atoms with Crippen LogP contribution in [-0.4, -0.2) is 35.2 Å². The number of rotatable bonds is 6. The van der Waals surface area contributed by atoms with Crippen LogP contribution in [0.1, 0.15) is 32.4 Å². The minimum atomic E-state index is 0.483. The van der Waals surface area contributed by atoms with Gasteiger partial charge in [0.25, 0.3) is 0 Å². The van der Waals surface area contributed by atoms with E-state index in [1.165, 1.54) is 12.8 Å². The molecule has 1 atom stereocenters. The van der Waals surface area contributed by atoms with E-state index in [0.29, 0.717) is 17.8 Å². The Hall–Kier alpha value is -1.59. The Morgan fingerprint density at radius 1 is 1.43 bits per heavy atom. The summed E-state index contributed by atoms with van der Waals surface area (Å²) in [4.78, 5) is 2.44. The molecule has 1 aliphatic rings. The van der Waals surface area contributed by atoms with Gasteiger partial charge in [-0.25, -0.2) is 0 Å². The van der Waals surface area contributed by atoms with Crippen molar-refractivity contribution in [3.8, 4) is 11.5 Å². The summed E-state index contributed by atoms with van der Waals surface area (Å²) in [7, 11) is 0. The Labute approximate surface area is 125 Å². The Bertz CT molecular complexity index is 542. The van der Waals surface area contributed by atoms with E-state index in [4.69, 9.17) is 8.94 Å². The molecule has 0 aliphatic carbocycles. The number of nitrogens with zero attached hydrogens (tertiary/aromatic N) is 2. The largest absolute Gasteiger partial charge is 0.461 e. The van der Waals surface area contributed by atoms with Gasteiger partial charge in [0.1, 0.15) is 0 Å². The molecule has 1 fully saturated rings. The van der Waals surface area contributed by atoms with Crippen molar-refractivity contribution in [1.82, 2.24) is 15.4 Å². The van der Waals surface area contributed by atoms with Crippen LogP contribution in [0.3, 0.4) is 0 Å². The van der Waals surface area contributed by atoms with Crippen molar-refractivity contribution in [2.24, 2.45) is 0 Å². The molecule has 3 heterocycles. The standard InChI is InChI=1S/C16H23N3O2/c1-12(2)19(10-13-5-3-7-17-13)11-14-9-16(21-18-14)15-6-4-8-20-15/h4,6,8-9,12-13,17H,3,5,7,10-11H2,1-2H3. The number of hydrogen-bond donors (Lipinski definition) is 1. The third-order valence-corrected chi connectivity index (χ3v) is 4.04. The zero-order chi connectivity index (χ0) is 14.7. The van der Waals surface area contributed by atoms with Gasteiger partial charge in [0.05, 0.1) is 12.0 Å². The summed E-state index contributed by atoms with van der Waals surface area (Å²) in [5.41, 5.74) is 0.952. The molecule has 3 rings (SSSR count). The molecule has 1 unspecified atom stereocenters. The minimum Gasteiger partial charge on any atom is -0.461 e. The maximum absolute atomic E-state index is 5.37. The van der Waals surface area contributed by atoms with Gasteiger partial charge in [-0.1, -0.05) is 5.16 Å². The quantitative estimate of drug-likeness (QED) is 0.886. The maximum Gasteiger partial charge on any atom is 0.202 e. The van der Waals surface area contributed by atoms with Gasteiger partial charge in [0.2, 0.25) is 5.76 Å². The molecular formula is C16H23N3O2. The summed E-state index contributed by atoms with van der Waals surface area (Å²) in [5.74, 6) is 1.42. The van der Waals surface area contributed by atoms with E-state index in [0.717, 1.165) is 31.1 Å². The summed E-state index contributed by atoms with van der Waals surface area (Å²) in [5, 5.41) is 7.73. The predicted octanol–water partition coefficient (Wildman–Crippen LogP) is 2.90. The number of furan rings is 1. The second-order valence-corrected chi connectivity index (χ2v) is 5.98. The number of nitrogens with one attached hydrogen (secondary N) is 1. The zero-order valence-corrected chi connectivity index (χ0v) is 12.7. The van der Waals surface area contributed by atoms with Crippen molar-refractivity contribution in [3.63, 3.8) is 0 Å². The summed E-state index contributed by atoms with van der Waals surface area (Å²) in [6.07, 6.45) is 4.19.